The molecule has 2 atom stereocenters. The smallest absolute Gasteiger partial charge is 0.309 e. The molecule has 0 aromatic rings. The minimum atomic E-state index is -1.75. The lowest BCUT2D eigenvalue weighted by atomic mass is 9.86. The third-order valence-corrected chi connectivity index (χ3v) is 2.10. The molecule has 0 saturated heterocycles. The molecule has 12 heavy (non-hydrogen) atoms. The van der Waals surface area contributed by atoms with Crippen LogP contribution in [0.1, 0.15) is 27.2 Å². The summed E-state index contributed by atoms with van der Waals surface area (Å²) in [7, 11) is 0. The molecule has 0 bridgehead atoms. The summed E-state index contributed by atoms with van der Waals surface area (Å²) in [5, 5.41) is 18.0. The first-order valence-corrected chi connectivity index (χ1v) is 3.82. The molecular formula is C8H14O4. The largest absolute Gasteiger partial charge is 0.481 e. The van der Waals surface area contributed by atoms with E-state index >= 15 is 0 Å². The maximum Gasteiger partial charge on any atom is 0.309 e. The van der Waals surface area contributed by atoms with Gasteiger partial charge in [-0.1, -0.05) is 6.92 Å². The van der Waals surface area contributed by atoms with E-state index in [-0.39, 0.29) is 6.42 Å². The van der Waals surface area contributed by atoms with Crippen molar-refractivity contribution in [3.63, 3.8) is 0 Å². The fraction of sp³-hybridized carbons (Fsp3) is 0.750. The summed E-state index contributed by atoms with van der Waals surface area (Å²) in [5.74, 6) is -2.68. The highest BCUT2D eigenvalue weighted by atomic mass is 16.4. The van der Waals surface area contributed by atoms with Crippen LogP contribution >= 0.6 is 0 Å². The van der Waals surface area contributed by atoms with Gasteiger partial charge in [0.15, 0.2) is 5.78 Å². The van der Waals surface area contributed by atoms with Crippen LogP contribution in [-0.4, -0.2) is 27.6 Å². The number of carbonyl (C=O) groups is 2. The normalized spacial score (nSPS) is 18.0. The maximum absolute atomic E-state index is 11.1. The van der Waals surface area contributed by atoms with Gasteiger partial charge < -0.3 is 10.2 Å². The second kappa shape index (κ2) is 3.67. The van der Waals surface area contributed by atoms with Crippen molar-refractivity contribution in [3.05, 3.63) is 0 Å². The molecule has 70 valence electrons. The molecule has 0 saturated carbocycles. The number of carboxylic acid groups (broad SMARTS) is 1. The number of hydrogen-bond acceptors (Lipinski definition) is 3. The molecule has 0 fully saturated rings. The summed E-state index contributed by atoms with van der Waals surface area (Å²) in [6, 6.07) is 0. The average molecular weight is 174 g/mol. The number of Topliss-reactive ketones (excluding diaryl/α,β-unsaturated/α-hetero) is 1. The van der Waals surface area contributed by atoms with E-state index in [1.807, 2.05) is 0 Å². The number of hydrogen-bond donors (Lipinski definition) is 2. The lowest BCUT2D eigenvalue weighted by molar-refractivity contribution is -0.157. The van der Waals surface area contributed by atoms with Gasteiger partial charge >= 0.3 is 5.97 Å². The van der Waals surface area contributed by atoms with E-state index in [1.165, 1.54) is 13.8 Å². The lowest BCUT2D eigenvalue weighted by Gasteiger charge is -2.24. The molecule has 0 aliphatic carbocycles. The Balaban J connectivity index is 4.60. The molecule has 0 radical (unpaired) electrons. The minimum Gasteiger partial charge on any atom is -0.481 e. The van der Waals surface area contributed by atoms with Crippen molar-refractivity contribution >= 4 is 11.8 Å². The van der Waals surface area contributed by atoms with Crippen molar-refractivity contribution in [2.24, 2.45) is 5.92 Å². The summed E-state index contributed by atoms with van der Waals surface area (Å²) in [5.41, 5.74) is -1.75. The Morgan fingerprint density at radius 3 is 2.17 bits per heavy atom. The van der Waals surface area contributed by atoms with Gasteiger partial charge in [-0.15, -0.1) is 0 Å². The lowest BCUT2D eigenvalue weighted by Crippen LogP contribution is -2.44. The second-order valence-electron chi connectivity index (χ2n) is 2.98. The highest BCUT2D eigenvalue weighted by Gasteiger charge is 2.39. The van der Waals surface area contributed by atoms with E-state index in [9.17, 15) is 14.7 Å². The van der Waals surface area contributed by atoms with Gasteiger partial charge in [0.05, 0.1) is 5.92 Å². The quantitative estimate of drug-likeness (QED) is 0.648. The van der Waals surface area contributed by atoms with Crippen molar-refractivity contribution in [2.45, 2.75) is 32.8 Å². The van der Waals surface area contributed by atoms with Gasteiger partial charge in [0, 0.05) is 6.42 Å². The van der Waals surface area contributed by atoms with E-state index in [0.29, 0.717) is 0 Å². The van der Waals surface area contributed by atoms with Crippen molar-refractivity contribution in [2.75, 3.05) is 0 Å². The van der Waals surface area contributed by atoms with Crippen LogP contribution in [0, 0.1) is 5.92 Å². The average Bonchev–Trinajstić information content (AvgIpc) is 2.01. The summed E-state index contributed by atoms with van der Waals surface area (Å²) in [4.78, 5) is 21.5. The van der Waals surface area contributed by atoms with Crippen LogP contribution in [0.5, 0.6) is 0 Å². The van der Waals surface area contributed by atoms with Crippen LogP contribution in [0.15, 0.2) is 0 Å². The van der Waals surface area contributed by atoms with Crippen LogP contribution in [-0.2, 0) is 9.59 Å². The molecule has 2 unspecified atom stereocenters. The maximum atomic E-state index is 11.1. The third-order valence-electron chi connectivity index (χ3n) is 2.10. The Morgan fingerprint density at radius 1 is 1.50 bits per heavy atom. The fourth-order valence-electron chi connectivity index (χ4n) is 0.840. The van der Waals surface area contributed by atoms with E-state index in [4.69, 9.17) is 5.11 Å². The monoisotopic (exact) mass is 174 g/mol. The van der Waals surface area contributed by atoms with Crippen molar-refractivity contribution < 1.29 is 19.8 Å². The first kappa shape index (κ1) is 11.1. The fourth-order valence-corrected chi connectivity index (χ4v) is 0.840. The van der Waals surface area contributed by atoms with Crippen LogP contribution < -0.4 is 0 Å². The first-order valence-electron chi connectivity index (χ1n) is 3.82. The van der Waals surface area contributed by atoms with Crippen LogP contribution in [0.25, 0.3) is 0 Å². The van der Waals surface area contributed by atoms with Crippen LogP contribution in [0.4, 0.5) is 0 Å². The minimum absolute atomic E-state index is 0.143. The van der Waals surface area contributed by atoms with E-state index in [1.54, 1.807) is 6.92 Å². The summed E-state index contributed by atoms with van der Waals surface area (Å²) >= 11 is 0. The zero-order chi connectivity index (χ0) is 9.94. The van der Waals surface area contributed by atoms with Crippen molar-refractivity contribution in [1.29, 1.82) is 0 Å². The van der Waals surface area contributed by atoms with Gasteiger partial charge in [-0.2, -0.15) is 0 Å². The van der Waals surface area contributed by atoms with Gasteiger partial charge in [0.1, 0.15) is 5.60 Å². The van der Waals surface area contributed by atoms with Crippen LogP contribution in [0.2, 0.25) is 0 Å². The zero-order valence-corrected chi connectivity index (χ0v) is 7.50. The first-order chi connectivity index (χ1) is 5.34. The van der Waals surface area contributed by atoms with Gasteiger partial charge in [0.25, 0.3) is 0 Å². The van der Waals surface area contributed by atoms with Gasteiger partial charge in [-0.25, -0.2) is 0 Å². The Labute approximate surface area is 71.2 Å². The van der Waals surface area contributed by atoms with Crippen LogP contribution in [0.3, 0.4) is 0 Å². The Bertz CT molecular complexity index is 195. The number of aliphatic hydroxyl groups is 1. The van der Waals surface area contributed by atoms with E-state index in [0.717, 1.165) is 0 Å². The Morgan fingerprint density at radius 2 is 1.92 bits per heavy atom. The molecule has 2 N–H and O–H groups in total. The molecule has 0 aromatic carbocycles. The number of carboxylic acids is 1. The van der Waals surface area contributed by atoms with E-state index < -0.39 is 23.3 Å². The van der Waals surface area contributed by atoms with Gasteiger partial charge in [0.2, 0.25) is 0 Å². The number of ketones is 1. The van der Waals surface area contributed by atoms with Gasteiger partial charge in [-0.05, 0) is 13.8 Å². The molecule has 0 aromatic heterocycles. The summed E-state index contributed by atoms with van der Waals surface area (Å²) in [6.45, 7) is 4.14. The third kappa shape index (κ3) is 2.04. The van der Waals surface area contributed by atoms with Crippen molar-refractivity contribution in [1.82, 2.24) is 0 Å². The highest BCUT2D eigenvalue weighted by Crippen LogP contribution is 2.19. The Kier molecular flexibility index (Phi) is 3.39. The van der Waals surface area contributed by atoms with Crippen molar-refractivity contribution in [3.8, 4) is 0 Å². The molecular weight excluding hydrogens is 160 g/mol. The number of carbonyl (C=O) groups excluding carboxylic acids is 1. The summed E-state index contributed by atoms with van der Waals surface area (Å²) in [6.07, 6.45) is 0.143. The molecule has 0 aliphatic rings. The number of aliphatic carboxylic acids is 1. The second-order valence-corrected chi connectivity index (χ2v) is 2.98. The standard InChI is InChI=1S/C8H14O4/c1-4-6(9)8(3,12)5(2)7(10)11/h5,12H,4H2,1-3H3,(H,10,11). The van der Waals surface area contributed by atoms with Gasteiger partial charge in [-0.3, -0.25) is 9.59 Å². The molecule has 4 heteroatoms. The molecule has 4 nitrogen and oxygen atoms in total. The SMILES string of the molecule is CCC(=O)C(C)(O)C(C)C(=O)O. The topological polar surface area (TPSA) is 74.6 Å². The summed E-state index contributed by atoms with van der Waals surface area (Å²) < 4.78 is 0. The molecule has 0 heterocycles. The Hall–Kier alpha value is -0.900. The zero-order valence-electron chi connectivity index (χ0n) is 7.50. The molecule has 0 rings (SSSR count). The molecule has 0 aliphatic heterocycles. The van der Waals surface area contributed by atoms with E-state index in [2.05, 4.69) is 0 Å². The predicted molar refractivity (Wildman–Crippen MR) is 42.7 cm³/mol. The highest BCUT2D eigenvalue weighted by molar-refractivity contribution is 5.91. The number of rotatable bonds is 4. The molecule has 0 amide bonds. The predicted octanol–water partition coefficient (Wildman–Crippen LogP) is 0.437. The molecule has 0 spiro atoms.